The maximum Gasteiger partial charge on any atom is 0.195 e. The molecule has 3 rings (SSSR count). The summed E-state index contributed by atoms with van der Waals surface area (Å²) in [5.74, 6) is -0.0223. The topological polar surface area (TPSA) is 34.1 Å². The summed E-state index contributed by atoms with van der Waals surface area (Å²) in [6.07, 6.45) is 0. The van der Waals surface area contributed by atoms with E-state index >= 15 is 0 Å². The predicted molar refractivity (Wildman–Crippen MR) is 88.2 cm³/mol. The van der Waals surface area contributed by atoms with Crippen LogP contribution in [0.2, 0.25) is 0 Å². The second-order valence-electron chi connectivity index (χ2n) is 6.41. The number of hydrogen-bond donors (Lipinski definition) is 0. The summed E-state index contributed by atoms with van der Waals surface area (Å²) in [4.78, 5) is 26.1. The van der Waals surface area contributed by atoms with E-state index in [2.05, 4.69) is 0 Å². The lowest BCUT2D eigenvalue weighted by Crippen LogP contribution is -2.25. The van der Waals surface area contributed by atoms with Gasteiger partial charge >= 0.3 is 0 Å². The molecule has 0 radical (unpaired) electrons. The first-order valence-corrected chi connectivity index (χ1v) is 7.56. The molecular formula is C20H20O2. The molecule has 0 saturated carbocycles. The van der Waals surface area contributed by atoms with Gasteiger partial charge in [0.25, 0.3) is 0 Å². The largest absolute Gasteiger partial charge is 0.289 e. The maximum absolute atomic E-state index is 13.1. The Morgan fingerprint density at radius 3 is 1.77 bits per heavy atom. The summed E-state index contributed by atoms with van der Waals surface area (Å²) in [5.41, 5.74) is 8.27. The van der Waals surface area contributed by atoms with E-state index in [4.69, 9.17) is 0 Å². The van der Waals surface area contributed by atoms with Crippen LogP contribution in [0, 0.1) is 41.5 Å². The van der Waals surface area contributed by atoms with Crippen molar-refractivity contribution in [2.75, 3.05) is 0 Å². The SMILES string of the molecule is Cc1cc2c(c(C)c1C)C(=O)c1c(C)c(C)cc(C)c1C2=O. The minimum absolute atomic E-state index is 0.00509. The number of fused-ring (bicyclic) bond motifs is 2. The Morgan fingerprint density at radius 2 is 1.14 bits per heavy atom. The van der Waals surface area contributed by atoms with E-state index in [1.54, 1.807) is 0 Å². The van der Waals surface area contributed by atoms with Crippen molar-refractivity contribution in [2.24, 2.45) is 0 Å². The Bertz CT molecular complexity index is 870. The van der Waals surface area contributed by atoms with Gasteiger partial charge in [0.15, 0.2) is 11.6 Å². The number of carbonyl (C=O) groups is 2. The van der Waals surface area contributed by atoms with Gasteiger partial charge in [0, 0.05) is 22.3 Å². The zero-order valence-corrected chi connectivity index (χ0v) is 14.0. The van der Waals surface area contributed by atoms with Crippen LogP contribution in [0.1, 0.15) is 65.2 Å². The van der Waals surface area contributed by atoms with Gasteiger partial charge in [0.05, 0.1) is 0 Å². The van der Waals surface area contributed by atoms with Crippen molar-refractivity contribution in [3.05, 3.63) is 67.8 Å². The number of rotatable bonds is 0. The lowest BCUT2D eigenvalue weighted by molar-refractivity contribution is 0.0977. The van der Waals surface area contributed by atoms with E-state index in [1.807, 2.05) is 53.7 Å². The molecular weight excluding hydrogens is 272 g/mol. The molecule has 0 spiro atoms. The Kier molecular flexibility index (Phi) is 3.10. The Labute approximate surface area is 131 Å². The van der Waals surface area contributed by atoms with E-state index in [-0.39, 0.29) is 11.6 Å². The molecule has 2 aromatic carbocycles. The smallest absolute Gasteiger partial charge is 0.195 e. The van der Waals surface area contributed by atoms with Crippen LogP contribution in [0.5, 0.6) is 0 Å². The monoisotopic (exact) mass is 292 g/mol. The van der Waals surface area contributed by atoms with Crippen LogP contribution in [0.3, 0.4) is 0 Å². The summed E-state index contributed by atoms with van der Waals surface area (Å²) >= 11 is 0. The minimum atomic E-state index is -0.0172. The first-order valence-electron chi connectivity index (χ1n) is 7.56. The quantitative estimate of drug-likeness (QED) is 0.618. The number of aryl methyl sites for hydroxylation is 3. The maximum atomic E-state index is 13.1. The molecule has 0 aromatic heterocycles. The summed E-state index contributed by atoms with van der Waals surface area (Å²) in [5, 5.41) is 0. The van der Waals surface area contributed by atoms with Gasteiger partial charge in [-0.1, -0.05) is 6.07 Å². The number of hydrogen-bond acceptors (Lipinski definition) is 2. The summed E-state index contributed by atoms with van der Waals surface area (Å²) in [6, 6.07) is 3.87. The van der Waals surface area contributed by atoms with Gasteiger partial charge in [0.2, 0.25) is 0 Å². The molecule has 2 heteroatoms. The van der Waals surface area contributed by atoms with Gasteiger partial charge in [-0.25, -0.2) is 0 Å². The van der Waals surface area contributed by atoms with Crippen LogP contribution in [0.4, 0.5) is 0 Å². The van der Waals surface area contributed by atoms with E-state index in [0.29, 0.717) is 22.3 Å². The average Bonchev–Trinajstić information content (AvgIpc) is 2.45. The number of carbonyl (C=O) groups excluding carboxylic acids is 2. The van der Waals surface area contributed by atoms with Crippen LogP contribution in [0.15, 0.2) is 12.1 Å². The Morgan fingerprint density at radius 1 is 0.545 bits per heavy atom. The number of ketones is 2. The van der Waals surface area contributed by atoms with Crippen molar-refractivity contribution in [3.63, 3.8) is 0 Å². The molecule has 1 aliphatic carbocycles. The van der Waals surface area contributed by atoms with Gasteiger partial charge in [-0.05, 0) is 81.0 Å². The van der Waals surface area contributed by atoms with Crippen molar-refractivity contribution < 1.29 is 9.59 Å². The molecule has 22 heavy (non-hydrogen) atoms. The molecule has 0 aliphatic heterocycles. The molecule has 112 valence electrons. The lowest BCUT2D eigenvalue weighted by atomic mass is 9.76. The van der Waals surface area contributed by atoms with E-state index < -0.39 is 0 Å². The van der Waals surface area contributed by atoms with Gasteiger partial charge in [-0.15, -0.1) is 0 Å². The molecule has 0 fully saturated rings. The highest BCUT2D eigenvalue weighted by atomic mass is 16.1. The highest BCUT2D eigenvalue weighted by Crippen LogP contribution is 2.36. The third-order valence-corrected chi connectivity index (χ3v) is 5.13. The molecule has 0 atom stereocenters. The second kappa shape index (κ2) is 4.64. The molecule has 0 unspecified atom stereocenters. The fourth-order valence-electron chi connectivity index (χ4n) is 3.48. The number of benzene rings is 2. The van der Waals surface area contributed by atoms with Crippen molar-refractivity contribution >= 4 is 11.6 Å². The molecule has 0 bridgehead atoms. The van der Waals surface area contributed by atoms with E-state index in [0.717, 1.165) is 33.4 Å². The zero-order chi connectivity index (χ0) is 16.3. The predicted octanol–water partition coefficient (Wildman–Crippen LogP) is 4.31. The first kappa shape index (κ1) is 14.7. The lowest BCUT2D eigenvalue weighted by Gasteiger charge is -2.25. The van der Waals surface area contributed by atoms with Gasteiger partial charge in [0.1, 0.15) is 0 Å². The molecule has 2 aromatic rings. The van der Waals surface area contributed by atoms with Crippen LogP contribution >= 0.6 is 0 Å². The van der Waals surface area contributed by atoms with E-state index in [1.165, 1.54) is 0 Å². The van der Waals surface area contributed by atoms with Crippen molar-refractivity contribution in [3.8, 4) is 0 Å². The molecule has 0 amide bonds. The normalized spacial score (nSPS) is 13.2. The zero-order valence-electron chi connectivity index (χ0n) is 14.0. The van der Waals surface area contributed by atoms with E-state index in [9.17, 15) is 9.59 Å². The van der Waals surface area contributed by atoms with Crippen LogP contribution in [-0.4, -0.2) is 11.6 Å². The summed E-state index contributed by atoms with van der Waals surface area (Å²) < 4.78 is 0. The first-order chi connectivity index (χ1) is 10.3. The highest BCUT2D eigenvalue weighted by molar-refractivity contribution is 6.30. The summed E-state index contributed by atoms with van der Waals surface area (Å²) in [6.45, 7) is 11.8. The third kappa shape index (κ3) is 1.73. The second-order valence-corrected chi connectivity index (χ2v) is 6.41. The van der Waals surface area contributed by atoms with Crippen molar-refractivity contribution in [1.29, 1.82) is 0 Å². The molecule has 0 heterocycles. The average molecular weight is 292 g/mol. The van der Waals surface area contributed by atoms with Gasteiger partial charge in [-0.2, -0.15) is 0 Å². The van der Waals surface area contributed by atoms with Crippen LogP contribution < -0.4 is 0 Å². The van der Waals surface area contributed by atoms with Gasteiger partial charge < -0.3 is 0 Å². The Balaban J connectivity index is 2.46. The Hall–Kier alpha value is -2.22. The third-order valence-electron chi connectivity index (χ3n) is 5.13. The minimum Gasteiger partial charge on any atom is -0.289 e. The standard InChI is InChI=1S/C20H20O2/c1-9-7-11(3)16-18(13(9)5)20(22)17-14(6)12(4)10(2)8-15(17)19(16)21/h7-8H,1-6H3. The highest BCUT2D eigenvalue weighted by Gasteiger charge is 2.34. The molecule has 2 nitrogen and oxygen atoms in total. The molecule has 0 N–H and O–H groups in total. The van der Waals surface area contributed by atoms with Crippen molar-refractivity contribution in [2.45, 2.75) is 41.5 Å². The molecule has 0 saturated heterocycles. The fourth-order valence-corrected chi connectivity index (χ4v) is 3.48. The summed E-state index contributed by atoms with van der Waals surface area (Å²) in [7, 11) is 0. The molecule has 1 aliphatic rings. The van der Waals surface area contributed by atoms with Crippen molar-refractivity contribution in [1.82, 2.24) is 0 Å². The van der Waals surface area contributed by atoms with Crippen LogP contribution in [-0.2, 0) is 0 Å². The van der Waals surface area contributed by atoms with Gasteiger partial charge in [-0.3, -0.25) is 9.59 Å². The fraction of sp³-hybridized carbons (Fsp3) is 0.300. The van der Waals surface area contributed by atoms with Crippen LogP contribution in [0.25, 0.3) is 0 Å².